The Bertz CT molecular complexity index is 976. The Morgan fingerprint density at radius 1 is 0.794 bits per heavy atom. The first-order chi connectivity index (χ1) is 16.5. The van der Waals surface area contributed by atoms with E-state index in [0.29, 0.717) is 23.0 Å². The van der Waals surface area contributed by atoms with E-state index >= 15 is 0 Å². The lowest BCUT2D eigenvalue weighted by Gasteiger charge is -2.28. The summed E-state index contributed by atoms with van der Waals surface area (Å²) >= 11 is 0. The molecule has 2 saturated carbocycles. The van der Waals surface area contributed by atoms with Crippen LogP contribution in [-0.4, -0.2) is 0 Å². The van der Waals surface area contributed by atoms with Crippen molar-refractivity contribution in [3.8, 4) is 0 Å². The summed E-state index contributed by atoms with van der Waals surface area (Å²) in [6.45, 7) is 4.28. The van der Waals surface area contributed by atoms with Crippen LogP contribution in [0.25, 0.3) is 6.08 Å². The highest BCUT2D eigenvalue weighted by Crippen LogP contribution is 2.40. The first-order valence-corrected chi connectivity index (χ1v) is 13.4. The summed E-state index contributed by atoms with van der Waals surface area (Å²) in [5.74, 6) is 0.174. The Morgan fingerprint density at radius 2 is 1.50 bits per heavy atom. The molecule has 0 radical (unpaired) electrons. The van der Waals surface area contributed by atoms with Crippen LogP contribution >= 0.6 is 0 Å². The lowest BCUT2D eigenvalue weighted by atomic mass is 9.77. The molecule has 0 saturated heterocycles. The minimum atomic E-state index is -0.706. The lowest BCUT2D eigenvalue weighted by Crippen LogP contribution is -2.14. The molecule has 0 bridgehead atoms. The number of hydrogen-bond acceptors (Lipinski definition) is 0. The van der Waals surface area contributed by atoms with Crippen molar-refractivity contribution in [2.24, 2.45) is 11.8 Å². The zero-order valence-corrected chi connectivity index (χ0v) is 20.8. The molecule has 2 aromatic rings. The van der Waals surface area contributed by atoms with Gasteiger partial charge in [-0.3, -0.25) is 0 Å². The molecule has 0 aromatic heterocycles. The molecule has 2 fully saturated rings. The van der Waals surface area contributed by atoms with Crippen molar-refractivity contribution in [3.63, 3.8) is 0 Å². The van der Waals surface area contributed by atoms with E-state index in [4.69, 9.17) is 0 Å². The van der Waals surface area contributed by atoms with Gasteiger partial charge in [0.2, 0.25) is 0 Å². The molecule has 0 N–H and O–H groups in total. The summed E-state index contributed by atoms with van der Waals surface area (Å²) < 4.78 is 44.1. The summed E-state index contributed by atoms with van der Waals surface area (Å²) in [5.41, 5.74) is 2.80. The highest BCUT2D eigenvalue weighted by molar-refractivity contribution is 5.52. The van der Waals surface area contributed by atoms with Crippen molar-refractivity contribution < 1.29 is 13.2 Å². The normalized spacial score (nSPS) is 25.7. The smallest absolute Gasteiger partial charge is 0.166 e. The molecular formula is C31H39F3. The number of halogens is 3. The molecule has 0 spiro atoms. The van der Waals surface area contributed by atoms with Gasteiger partial charge in [-0.05, 0) is 104 Å². The number of aryl methyl sites for hydroxylation is 1. The van der Waals surface area contributed by atoms with Gasteiger partial charge in [0, 0.05) is 5.56 Å². The van der Waals surface area contributed by atoms with E-state index in [1.807, 2.05) is 18.2 Å². The second kappa shape index (κ2) is 11.6. The van der Waals surface area contributed by atoms with E-state index in [0.717, 1.165) is 81.3 Å². The maximum atomic E-state index is 14.9. The summed E-state index contributed by atoms with van der Waals surface area (Å²) in [7, 11) is 0. The largest absolute Gasteiger partial charge is 0.207 e. The van der Waals surface area contributed by atoms with Gasteiger partial charge in [-0.25, -0.2) is 13.2 Å². The van der Waals surface area contributed by atoms with Crippen molar-refractivity contribution in [3.05, 3.63) is 76.1 Å². The standard InChI is InChI=1S/C31H39F3/c1-3-5-25-16-17-27(20-29(25)32)23-11-8-22(9-12-23)10-15-26-18-19-28(31(34)30(26)33)24-13-6-21(4-2)7-14-24/h10,15-24H,3-9,11-14H2,1-2H3. The molecule has 4 rings (SSSR count). The predicted molar refractivity (Wildman–Crippen MR) is 135 cm³/mol. The average Bonchev–Trinajstić information content (AvgIpc) is 2.87. The molecular weight excluding hydrogens is 429 g/mol. The third-order valence-electron chi connectivity index (χ3n) is 8.39. The molecule has 3 heteroatoms. The third-order valence-corrected chi connectivity index (χ3v) is 8.39. The van der Waals surface area contributed by atoms with E-state index in [1.54, 1.807) is 18.2 Å². The zero-order valence-electron chi connectivity index (χ0n) is 20.8. The molecule has 2 aromatic carbocycles. The molecule has 0 nitrogen and oxygen atoms in total. The van der Waals surface area contributed by atoms with Crippen molar-refractivity contribution in [2.75, 3.05) is 0 Å². The van der Waals surface area contributed by atoms with E-state index in [-0.39, 0.29) is 11.7 Å². The van der Waals surface area contributed by atoms with Crippen molar-refractivity contribution in [1.29, 1.82) is 0 Å². The second-order valence-electron chi connectivity index (χ2n) is 10.6. The van der Waals surface area contributed by atoms with Gasteiger partial charge in [-0.2, -0.15) is 0 Å². The van der Waals surface area contributed by atoms with Crippen LogP contribution in [0.5, 0.6) is 0 Å². The van der Waals surface area contributed by atoms with E-state index < -0.39 is 11.6 Å². The fraction of sp³-hybridized carbons (Fsp3) is 0.548. The van der Waals surface area contributed by atoms with Crippen LogP contribution in [0.15, 0.2) is 36.4 Å². The molecule has 2 aliphatic rings. The van der Waals surface area contributed by atoms with Gasteiger partial charge >= 0.3 is 0 Å². The minimum absolute atomic E-state index is 0.0827. The third kappa shape index (κ3) is 5.78. The quantitative estimate of drug-likeness (QED) is 0.379. The molecule has 184 valence electrons. The van der Waals surface area contributed by atoms with Crippen LogP contribution in [0.2, 0.25) is 0 Å². The molecule has 0 aliphatic heterocycles. The van der Waals surface area contributed by atoms with Gasteiger partial charge in [0.1, 0.15) is 5.82 Å². The van der Waals surface area contributed by atoms with Gasteiger partial charge < -0.3 is 0 Å². The molecule has 0 amide bonds. The van der Waals surface area contributed by atoms with Crippen molar-refractivity contribution in [1.82, 2.24) is 0 Å². The van der Waals surface area contributed by atoms with Gasteiger partial charge in [0.05, 0.1) is 0 Å². The topological polar surface area (TPSA) is 0 Å². The van der Waals surface area contributed by atoms with Crippen LogP contribution in [-0.2, 0) is 6.42 Å². The van der Waals surface area contributed by atoms with Gasteiger partial charge in [0.15, 0.2) is 11.6 Å². The van der Waals surface area contributed by atoms with E-state index in [2.05, 4.69) is 19.9 Å². The predicted octanol–water partition coefficient (Wildman–Crippen LogP) is 9.73. The summed E-state index contributed by atoms with van der Waals surface area (Å²) in [4.78, 5) is 0. The monoisotopic (exact) mass is 468 g/mol. The van der Waals surface area contributed by atoms with Gasteiger partial charge in [-0.1, -0.05) is 63.1 Å². The Kier molecular flexibility index (Phi) is 8.55. The highest BCUT2D eigenvalue weighted by atomic mass is 19.2. The molecule has 0 heterocycles. The molecule has 0 unspecified atom stereocenters. The molecule has 34 heavy (non-hydrogen) atoms. The fourth-order valence-corrected chi connectivity index (χ4v) is 6.08. The number of rotatable bonds is 7. The Labute approximate surface area is 203 Å². The van der Waals surface area contributed by atoms with E-state index in [9.17, 15) is 13.2 Å². The summed E-state index contributed by atoms with van der Waals surface area (Å²) in [6.07, 6.45) is 14.8. The van der Waals surface area contributed by atoms with Gasteiger partial charge in [0.25, 0.3) is 0 Å². The van der Waals surface area contributed by atoms with Crippen molar-refractivity contribution >= 4 is 6.08 Å². The SMILES string of the molecule is CCCc1ccc(C2CCC(C=Cc3ccc(C4CCC(CC)CC4)c(F)c3F)CC2)cc1F. The van der Waals surface area contributed by atoms with E-state index in [1.165, 1.54) is 6.42 Å². The maximum Gasteiger partial charge on any atom is 0.166 e. The second-order valence-corrected chi connectivity index (χ2v) is 10.6. The van der Waals surface area contributed by atoms with Crippen LogP contribution < -0.4 is 0 Å². The van der Waals surface area contributed by atoms with Gasteiger partial charge in [-0.15, -0.1) is 0 Å². The number of benzene rings is 2. The van der Waals surface area contributed by atoms with Crippen LogP contribution in [0.3, 0.4) is 0 Å². The maximum absolute atomic E-state index is 14.9. The fourth-order valence-electron chi connectivity index (χ4n) is 6.08. The first kappa shape index (κ1) is 25.1. The Hall–Kier alpha value is -2.03. The Morgan fingerprint density at radius 3 is 2.15 bits per heavy atom. The highest BCUT2D eigenvalue weighted by Gasteiger charge is 2.26. The lowest BCUT2D eigenvalue weighted by molar-refractivity contribution is 0.312. The minimum Gasteiger partial charge on any atom is -0.207 e. The van der Waals surface area contributed by atoms with Crippen LogP contribution in [0.1, 0.15) is 112 Å². The van der Waals surface area contributed by atoms with Crippen LogP contribution in [0.4, 0.5) is 13.2 Å². The molecule has 2 aliphatic carbocycles. The number of allylic oxidation sites excluding steroid dienone is 1. The molecule has 0 atom stereocenters. The first-order valence-electron chi connectivity index (χ1n) is 13.4. The summed E-state index contributed by atoms with van der Waals surface area (Å²) in [5, 5.41) is 0. The Balaban J connectivity index is 1.35. The zero-order chi connectivity index (χ0) is 24.1. The number of hydrogen-bond donors (Lipinski definition) is 0. The average molecular weight is 469 g/mol. The van der Waals surface area contributed by atoms with Crippen LogP contribution in [0, 0.1) is 29.3 Å². The van der Waals surface area contributed by atoms with Crippen molar-refractivity contribution in [2.45, 2.75) is 96.3 Å². The summed E-state index contributed by atoms with van der Waals surface area (Å²) in [6, 6.07) is 9.31.